The highest BCUT2D eigenvalue weighted by molar-refractivity contribution is 14.1. The molecule has 0 atom stereocenters. The van der Waals surface area contributed by atoms with Crippen LogP contribution in [0.25, 0.3) is 0 Å². The second-order valence-corrected chi connectivity index (χ2v) is 4.12. The van der Waals surface area contributed by atoms with E-state index in [9.17, 15) is 4.79 Å². The van der Waals surface area contributed by atoms with Crippen LogP contribution < -0.4 is 0 Å². The largest absolute Gasteiger partial charge is 0.455 e. The third-order valence-electron chi connectivity index (χ3n) is 2.22. The Morgan fingerprint density at radius 1 is 1.36 bits per heavy atom. The first-order chi connectivity index (χ1) is 5.18. The van der Waals surface area contributed by atoms with Gasteiger partial charge in [0.2, 0.25) is 0 Å². The zero-order valence-electron chi connectivity index (χ0n) is 6.68. The molecule has 11 heavy (non-hydrogen) atoms. The summed E-state index contributed by atoms with van der Waals surface area (Å²) >= 11 is 1.69. The summed E-state index contributed by atoms with van der Waals surface area (Å²) in [7, 11) is 0. The van der Waals surface area contributed by atoms with Crippen molar-refractivity contribution in [3.63, 3.8) is 0 Å². The summed E-state index contributed by atoms with van der Waals surface area (Å²) in [5.74, 6) is 0.819. The molecule has 64 valence electrons. The number of carbonyl (C=O) groups is 1. The lowest BCUT2D eigenvalue weighted by atomic mass is 9.89. The van der Waals surface area contributed by atoms with E-state index in [0.29, 0.717) is 0 Å². The fourth-order valence-corrected chi connectivity index (χ4v) is 1.84. The fraction of sp³-hybridized carbons (Fsp3) is 0.875. The van der Waals surface area contributed by atoms with Crippen molar-refractivity contribution >= 4 is 26.6 Å². The van der Waals surface area contributed by atoms with E-state index in [1.807, 2.05) is 0 Å². The van der Waals surface area contributed by atoms with Crippen LogP contribution in [0.3, 0.4) is 0 Å². The van der Waals surface area contributed by atoms with Gasteiger partial charge < -0.3 is 4.74 Å². The molecule has 0 spiro atoms. The highest BCUT2D eigenvalue weighted by atomic mass is 127. The van der Waals surface area contributed by atoms with Crippen LogP contribution in [0.1, 0.15) is 32.6 Å². The second-order valence-electron chi connectivity index (χ2n) is 3.24. The molecule has 0 saturated heterocycles. The number of carbonyl (C=O) groups excluding carboxylic acids is 1. The molecule has 0 amide bonds. The van der Waals surface area contributed by atoms with Gasteiger partial charge in [-0.15, -0.1) is 0 Å². The molecule has 0 unspecified atom stereocenters. The SMILES string of the molecule is C[C@H]1CC[C@H](OC(=O)I)CC1. The zero-order chi connectivity index (χ0) is 8.27. The maximum atomic E-state index is 10.6. The summed E-state index contributed by atoms with van der Waals surface area (Å²) in [6, 6.07) is 0. The Balaban J connectivity index is 2.22. The Bertz CT molecular complexity index is 139. The minimum Gasteiger partial charge on any atom is -0.455 e. The van der Waals surface area contributed by atoms with E-state index in [4.69, 9.17) is 4.74 Å². The predicted octanol–water partition coefficient (Wildman–Crippen LogP) is 3.14. The molecule has 1 saturated carbocycles. The van der Waals surface area contributed by atoms with Crippen molar-refractivity contribution in [2.45, 2.75) is 38.7 Å². The lowest BCUT2D eigenvalue weighted by Gasteiger charge is -2.24. The van der Waals surface area contributed by atoms with Crippen LogP contribution in [0, 0.1) is 5.92 Å². The molecule has 3 heteroatoms. The summed E-state index contributed by atoms with van der Waals surface area (Å²) in [6.07, 6.45) is 4.71. The topological polar surface area (TPSA) is 26.3 Å². The molecule has 0 aromatic heterocycles. The minimum absolute atomic E-state index is 0.165. The van der Waals surface area contributed by atoms with Gasteiger partial charge in [0.25, 0.3) is 0 Å². The summed E-state index contributed by atoms with van der Waals surface area (Å²) < 4.78 is 4.92. The van der Waals surface area contributed by atoms with Crippen molar-refractivity contribution in [3.05, 3.63) is 0 Å². The van der Waals surface area contributed by atoms with Crippen molar-refractivity contribution in [2.75, 3.05) is 0 Å². The Morgan fingerprint density at radius 2 is 1.91 bits per heavy atom. The molecule has 0 radical (unpaired) electrons. The molecular weight excluding hydrogens is 255 g/mol. The van der Waals surface area contributed by atoms with Gasteiger partial charge in [-0.3, -0.25) is 0 Å². The highest BCUT2D eigenvalue weighted by Gasteiger charge is 2.20. The first-order valence-corrected chi connectivity index (χ1v) is 5.12. The smallest absolute Gasteiger partial charge is 0.367 e. The molecule has 0 aromatic carbocycles. The van der Waals surface area contributed by atoms with Gasteiger partial charge in [0.05, 0.1) is 22.6 Å². The third-order valence-corrected chi connectivity index (χ3v) is 2.48. The maximum Gasteiger partial charge on any atom is 0.367 e. The maximum absolute atomic E-state index is 10.6. The molecule has 0 aliphatic heterocycles. The fourth-order valence-electron chi connectivity index (χ4n) is 1.48. The first kappa shape index (κ1) is 9.29. The van der Waals surface area contributed by atoms with Gasteiger partial charge in [-0.25, -0.2) is 4.79 Å². The standard InChI is InChI=1S/C8H13IO2/c1-6-2-4-7(5-3-6)11-8(9)10/h6-7H,2-5H2,1H3/t6-,7-. The number of ether oxygens (including phenoxy) is 1. The Kier molecular flexibility index (Phi) is 3.62. The molecule has 0 aromatic rings. The monoisotopic (exact) mass is 268 g/mol. The van der Waals surface area contributed by atoms with E-state index in [0.717, 1.165) is 18.8 Å². The molecule has 2 nitrogen and oxygen atoms in total. The number of hydrogen-bond acceptors (Lipinski definition) is 2. The van der Waals surface area contributed by atoms with Crippen molar-refractivity contribution in [1.29, 1.82) is 0 Å². The van der Waals surface area contributed by atoms with Crippen molar-refractivity contribution in [1.82, 2.24) is 0 Å². The van der Waals surface area contributed by atoms with E-state index in [1.54, 1.807) is 22.6 Å². The average Bonchev–Trinajstić information content (AvgIpc) is 1.93. The summed E-state index contributed by atoms with van der Waals surface area (Å²) in [5, 5.41) is 0. The van der Waals surface area contributed by atoms with E-state index >= 15 is 0 Å². The van der Waals surface area contributed by atoms with Gasteiger partial charge in [-0.05, 0) is 31.6 Å². The van der Waals surface area contributed by atoms with Gasteiger partial charge in [0, 0.05) is 0 Å². The molecular formula is C8H13IO2. The van der Waals surface area contributed by atoms with Crippen LogP contribution in [0.4, 0.5) is 4.79 Å². The van der Waals surface area contributed by atoms with E-state index in [2.05, 4.69) is 6.92 Å². The highest BCUT2D eigenvalue weighted by Crippen LogP contribution is 2.25. The Labute approximate surface area is 80.8 Å². The quantitative estimate of drug-likeness (QED) is 0.539. The zero-order valence-corrected chi connectivity index (χ0v) is 8.84. The van der Waals surface area contributed by atoms with Crippen LogP contribution in [0.5, 0.6) is 0 Å². The summed E-state index contributed by atoms with van der Waals surface area (Å²) in [6.45, 7) is 2.25. The van der Waals surface area contributed by atoms with Gasteiger partial charge in [0.1, 0.15) is 6.10 Å². The summed E-state index contributed by atoms with van der Waals surface area (Å²) in [4.78, 5) is 10.6. The normalized spacial score (nSPS) is 31.5. The third kappa shape index (κ3) is 3.40. The second kappa shape index (κ2) is 4.28. The molecule has 1 fully saturated rings. The lowest BCUT2D eigenvalue weighted by molar-refractivity contribution is 0.0884. The van der Waals surface area contributed by atoms with Crippen LogP contribution in [-0.4, -0.2) is 10.1 Å². The predicted molar refractivity (Wildman–Crippen MR) is 51.9 cm³/mol. The Morgan fingerprint density at radius 3 is 2.36 bits per heavy atom. The first-order valence-electron chi connectivity index (χ1n) is 4.04. The molecule has 1 rings (SSSR count). The van der Waals surface area contributed by atoms with E-state index in [1.165, 1.54) is 12.8 Å². The van der Waals surface area contributed by atoms with Crippen LogP contribution in [0.2, 0.25) is 0 Å². The van der Waals surface area contributed by atoms with Gasteiger partial charge in [0.15, 0.2) is 0 Å². The molecule has 0 bridgehead atoms. The Hall–Kier alpha value is 0.200. The minimum atomic E-state index is -0.165. The van der Waals surface area contributed by atoms with Gasteiger partial charge >= 0.3 is 3.98 Å². The lowest BCUT2D eigenvalue weighted by Crippen LogP contribution is -2.20. The number of hydrogen-bond donors (Lipinski definition) is 0. The van der Waals surface area contributed by atoms with Gasteiger partial charge in [-0.2, -0.15) is 0 Å². The molecule has 1 aliphatic rings. The van der Waals surface area contributed by atoms with Crippen molar-refractivity contribution < 1.29 is 9.53 Å². The number of rotatable bonds is 1. The number of halogens is 1. The van der Waals surface area contributed by atoms with Crippen LogP contribution >= 0.6 is 22.6 Å². The summed E-state index contributed by atoms with van der Waals surface area (Å²) in [5.41, 5.74) is 0. The average molecular weight is 268 g/mol. The molecule has 0 heterocycles. The molecule has 0 N–H and O–H groups in total. The van der Waals surface area contributed by atoms with Crippen LogP contribution in [0.15, 0.2) is 0 Å². The van der Waals surface area contributed by atoms with Crippen molar-refractivity contribution in [2.24, 2.45) is 5.92 Å². The van der Waals surface area contributed by atoms with Crippen molar-refractivity contribution in [3.8, 4) is 0 Å². The van der Waals surface area contributed by atoms with Gasteiger partial charge in [-0.1, -0.05) is 6.92 Å². The molecule has 1 aliphatic carbocycles. The van der Waals surface area contributed by atoms with E-state index in [-0.39, 0.29) is 10.1 Å². The van der Waals surface area contributed by atoms with E-state index < -0.39 is 0 Å². The van der Waals surface area contributed by atoms with Crippen LogP contribution in [-0.2, 0) is 4.74 Å².